The number of hydrogen-bond donors (Lipinski definition) is 0. The Morgan fingerprint density at radius 2 is 1.65 bits per heavy atom. The largest absolute Gasteiger partial charge is 0.336 e. The predicted octanol–water partition coefficient (Wildman–Crippen LogP) is 3.20. The van der Waals surface area contributed by atoms with Crippen molar-refractivity contribution in [2.45, 2.75) is 52.7 Å². The summed E-state index contributed by atoms with van der Waals surface area (Å²) in [5.74, 6) is 0.456. The number of rotatable bonds is 5. The summed E-state index contributed by atoms with van der Waals surface area (Å²) in [6, 6.07) is 6.91. The van der Waals surface area contributed by atoms with Gasteiger partial charge in [0.05, 0.1) is 0 Å². The maximum absolute atomic E-state index is 12.7. The van der Waals surface area contributed by atoms with Gasteiger partial charge in [-0.25, -0.2) is 0 Å². The van der Waals surface area contributed by atoms with Gasteiger partial charge in [-0.3, -0.25) is 4.79 Å². The van der Waals surface area contributed by atoms with E-state index in [1.54, 1.807) is 19.1 Å². The molecule has 0 bridgehead atoms. The van der Waals surface area contributed by atoms with Gasteiger partial charge in [-0.2, -0.15) is 4.80 Å². The van der Waals surface area contributed by atoms with E-state index in [-0.39, 0.29) is 18.0 Å². The van der Waals surface area contributed by atoms with Gasteiger partial charge in [0.1, 0.15) is 6.04 Å². The lowest BCUT2D eigenvalue weighted by atomic mass is 10.2. The molecule has 2 rings (SSSR count). The number of benzene rings is 1. The minimum absolute atomic E-state index is 0.0185. The van der Waals surface area contributed by atoms with Crippen molar-refractivity contribution in [3.05, 3.63) is 29.3 Å². The summed E-state index contributed by atoms with van der Waals surface area (Å²) in [7, 11) is 0. The Morgan fingerprint density at radius 3 is 2.17 bits per heavy atom. The smallest absolute Gasteiger partial charge is 0.249 e. The Morgan fingerprint density at radius 1 is 1.09 bits per heavy atom. The quantitative estimate of drug-likeness (QED) is 0.841. The van der Waals surface area contributed by atoms with Crippen LogP contribution in [0.3, 0.4) is 0 Å². The van der Waals surface area contributed by atoms with E-state index in [0.717, 1.165) is 5.56 Å². The zero-order valence-corrected chi connectivity index (χ0v) is 14.8. The molecule has 0 aliphatic heterocycles. The lowest BCUT2D eigenvalue weighted by Crippen LogP contribution is -2.45. The SMILES string of the molecule is CC(C)N(C(=O)[C@H](C)n1nnc(-c2ccc(Cl)cc2)n1)C(C)C. The van der Waals surface area contributed by atoms with Crippen LogP contribution in [0.5, 0.6) is 0 Å². The molecule has 1 aromatic carbocycles. The highest BCUT2D eigenvalue weighted by Gasteiger charge is 2.27. The number of aromatic nitrogens is 4. The van der Waals surface area contributed by atoms with Crippen molar-refractivity contribution in [3.63, 3.8) is 0 Å². The molecule has 0 fully saturated rings. The van der Waals surface area contributed by atoms with Crippen molar-refractivity contribution in [3.8, 4) is 11.4 Å². The van der Waals surface area contributed by atoms with E-state index in [9.17, 15) is 4.79 Å². The zero-order valence-electron chi connectivity index (χ0n) is 14.1. The summed E-state index contributed by atoms with van der Waals surface area (Å²) in [6.07, 6.45) is 0. The number of hydrogen-bond acceptors (Lipinski definition) is 4. The average molecular weight is 336 g/mol. The number of halogens is 1. The van der Waals surface area contributed by atoms with Gasteiger partial charge in [0.15, 0.2) is 0 Å². The number of tetrazole rings is 1. The summed E-state index contributed by atoms with van der Waals surface area (Å²) in [5, 5.41) is 13.1. The Hall–Kier alpha value is -1.95. The fourth-order valence-corrected chi connectivity index (χ4v) is 2.65. The first-order chi connectivity index (χ1) is 10.8. The lowest BCUT2D eigenvalue weighted by Gasteiger charge is -2.32. The van der Waals surface area contributed by atoms with Crippen LogP contribution >= 0.6 is 11.6 Å². The highest BCUT2D eigenvalue weighted by atomic mass is 35.5. The van der Waals surface area contributed by atoms with E-state index in [1.165, 1.54) is 4.80 Å². The van der Waals surface area contributed by atoms with Gasteiger partial charge in [-0.1, -0.05) is 11.6 Å². The molecule has 0 saturated heterocycles. The number of amides is 1. The fraction of sp³-hybridized carbons (Fsp3) is 0.500. The van der Waals surface area contributed by atoms with Crippen molar-refractivity contribution < 1.29 is 4.79 Å². The molecule has 23 heavy (non-hydrogen) atoms. The molecule has 1 heterocycles. The second-order valence-electron chi connectivity index (χ2n) is 6.05. The Balaban J connectivity index is 2.22. The molecule has 1 aromatic heterocycles. The highest BCUT2D eigenvalue weighted by molar-refractivity contribution is 6.30. The summed E-state index contributed by atoms with van der Waals surface area (Å²) < 4.78 is 0. The molecule has 0 aliphatic rings. The van der Waals surface area contributed by atoms with Crippen LogP contribution in [0.2, 0.25) is 5.02 Å². The molecular weight excluding hydrogens is 314 g/mol. The van der Waals surface area contributed by atoms with Crippen LogP contribution in [-0.2, 0) is 4.79 Å². The van der Waals surface area contributed by atoms with Gasteiger partial charge >= 0.3 is 0 Å². The van der Waals surface area contributed by atoms with Crippen molar-refractivity contribution in [1.82, 2.24) is 25.1 Å². The first kappa shape index (κ1) is 17.4. The highest BCUT2D eigenvalue weighted by Crippen LogP contribution is 2.19. The van der Waals surface area contributed by atoms with Crippen LogP contribution in [0.25, 0.3) is 11.4 Å². The number of carbonyl (C=O) groups excluding carboxylic acids is 1. The van der Waals surface area contributed by atoms with E-state index in [0.29, 0.717) is 10.8 Å². The molecule has 0 spiro atoms. The van der Waals surface area contributed by atoms with Crippen molar-refractivity contribution >= 4 is 17.5 Å². The second-order valence-corrected chi connectivity index (χ2v) is 6.49. The van der Waals surface area contributed by atoms with Gasteiger partial charge in [0.25, 0.3) is 0 Å². The molecule has 2 aromatic rings. The van der Waals surface area contributed by atoms with Crippen molar-refractivity contribution in [2.24, 2.45) is 0 Å². The monoisotopic (exact) mass is 335 g/mol. The molecule has 0 N–H and O–H groups in total. The third-order valence-electron chi connectivity index (χ3n) is 3.60. The van der Waals surface area contributed by atoms with Crippen molar-refractivity contribution in [2.75, 3.05) is 0 Å². The third-order valence-corrected chi connectivity index (χ3v) is 3.85. The van der Waals surface area contributed by atoms with Crippen LogP contribution in [0.15, 0.2) is 24.3 Å². The minimum Gasteiger partial charge on any atom is -0.336 e. The van der Waals surface area contributed by atoms with E-state index in [4.69, 9.17) is 11.6 Å². The summed E-state index contributed by atoms with van der Waals surface area (Å²) in [4.78, 5) is 15.9. The molecule has 6 nitrogen and oxygen atoms in total. The maximum Gasteiger partial charge on any atom is 0.249 e. The normalized spacial score (nSPS) is 12.7. The molecule has 0 unspecified atom stereocenters. The first-order valence-electron chi connectivity index (χ1n) is 7.69. The predicted molar refractivity (Wildman–Crippen MR) is 90.1 cm³/mol. The zero-order chi connectivity index (χ0) is 17.1. The van der Waals surface area contributed by atoms with Gasteiger partial charge in [0, 0.05) is 22.7 Å². The van der Waals surface area contributed by atoms with Gasteiger partial charge in [-0.05, 0) is 64.1 Å². The average Bonchev–Trinajstić information content (AvgIpc) is 2.96. The van der Waals surface area contributed by atoms with Crippen LogP contribution in [-0.4, -0.2) is 43.1 Å². The minimum atomic E-state index is -0.506. The number of carbonyl (C=O) groups is 1. The molecule has 1 amide bonds. The maximum atomic E-state index is 12.7. The lowest BCUT2D eigenvalue weighted by molar-refractivity contribution is -0.138. The van der Waals surface area contributed by atoms with E-state index in [1.807, 2.05) is 44.7 Å². The van der Waals surface area contributed by atoms with Gasteiger partial charge < -0.3 is 4.90 Å². The Bertz CT molecular complexity index is 657. The van der Waals surface area contributed by atoms with Crippen LogP contribution in [0.4, 0.5) is 0 Å². The summed E-state index contributed by atoms with van der Waals surface area (Å²) in [5.41, 5.74) is 0.810. The fourth-order valence-electron chi connectivity index (χ4n) is 2.52. The topological polar surface area (TPSA) is 63.9 Å². The van der Waals surface area contributed by atoms with E-state index < -0.39 is 6.04 Å². The van der Waals surface area contributed by atoms with Crippen LogP contribution < -0.4 is 0 Å². The molecule has 7 heteroatoms. The molecular formula is C16H22ClN5O. The molecule has 0 aliphatic carbocycles. The number of nitrogens with zero attached hydrogens (tertiary/aromatic N) is 5. The van der Waals surface area contributed by atoms with Crippen LogP contribution in [0.1, 0.15) is 40.7 Å². The van der Waals surface area contributed by atoms with Gasteiger partial charge in [0.2, 0.25) is 11.7 Å². The van der Waals surface area contributed by atoms with Crippen LogP contribution in [0, 0.1) is 0 Å². The summed E-state index contributed by atoms with van der Waals surface area (Å²) >= 11 is 5.88. The Kier molecular flexibility index (Phi) is 5.36. The molecule has 0 saturated carbocycles. The Labute approximate surface area is 141 Å². The van der Waals surface area contributed by atoms with Gasteiger partial charge in [-0.15, -0.1) is 10.2 Å². The first-order valence-corrected chi connectivity index (χ1v) is 8.06. The summed E-state index contributed by atoms with van der Waals surface area (Å²) in [6.45, 7) is 9.78. The third kappa shape index (κ3) is 3.88. The van der Waals surface area contributed by atoms with Crippen molar-refractivity contribution in [1.29, 1.82) is 0 Å². The molecule has 124 valence electrons. The molecule has 0 radical (unpaired) electrons. The van der Waals surface area contributed by atoms with E-state index >= 15 is 0 Å². The standard InChI is InChI=1S/C16H22ClN5O/c1-10(2)21(11(3)4)16(23)12(5)22-19-15(18-20-22)13-6-8-14(17)9-7-13/h6-12H,1-5H3/t12-/m0/s1. The van der Waals surface area contributed by atoms with E-state index in [2.05, 4.69) is 15.4 Å². The molecule has 1 atom stereocenters. The second kappa shape index (κ2) is 7.08.